The van der Waals surface area contributed by atoms with Crippen LogP contribution in [-0.4, -0.2) is 65.0 Å². The van der Waals surface area contributed by atoms with Crippen molar-refractivity contribution >= 4 is 30.5 Å². The van der Waals surface area contributed by atoms with Crippen LogP contribution >= 0.6 is 12.4 Å². The highest BCUT2D eigenvalue weighted by molar-refractivity contribution is 6.01. The van der Waals surface area contributed by atoms with Gasteiger partial charge in [0.1, 0.15) is 18.6 Å². The van der Waals surface area contributed by atoms with Gasteiger partial charge in [-0.3, -0.25) is 4.79 Å². The van der Waals surface area contributed by atoms with Crippen molar-refractivity contribution in [3.05, 3.63) is 89.6 Å². The van der Waals surface area contributed by atoms with Gasteiger partial charge in [-0.1, -0.05) is 47.6 Å². The lowest BCUT2D eigenvalue weighted by Gasteiger charge is -2.42. The minimum atomic E-state index is -2.19. The van der Waals surface area contributed by atoms with E-state index in [1.165, 1.54) is 42.2 Å². The lowest BCUT2D eigenvalue weighted by Crippen LogP contribution is -2.56. The number of nitrogens with zero attached hydrogens (tertiary/aromatic N) is 3. The van der Waals surface area contributed by atoms with Gasteiger partial charge in [-0.2, -0.15) is 0 Å². The number of carboxylic acids is 1. The van der Waals surface area contributed by atoms with Crippen LogP contribution in [0.25, 0.3) is 0 Å². The third kappa shape index (κ3) is 6.20. The van der Waals surface area contributed by atoms with E-state index in [9.17, 15) is 19.8 Å². The highest BCUT2D eigenvalue weighted by Gasteiger charge is 2.46. The van der Waals surface area contributed by atoms with Gasteiger partial charge in [-0.25, -0.2) is 4.79 Å². The van der Waals surface area contributed by atoms with Gasteiger partial charge < -0.3 is 29.6 Å². The fraction of sp³-hybridized carbons (Fsp3) is 0.240. The molecule has 9 nitrogen and oxygen atoms in total. The van der Waals surface area contributed by atoms with Crippen LogP contribution < -0.4 is 4.74 Å². The average Bonchev–Trinajstić information content (AvgIpc) is 2.83. The quantitative estimate of drug-likeness (QED) is 0.401. The van der Waals surface area contributed by atoms with E-state index < -0.39 is 23.6 Å². The van der Waals surface area contributed by atoms with E-state index in [2.05, 4.69) is 5.16 Å². The van der Waals surface area contributed by atoms with E-state index in [-0.39, 0.29) is 24.6 Å². The summed E-state index contributed by atoms with van der Waals surface area (Å²) in [4.78, 5) is 33.0. The number of hydrogen-bond acceptors (Lipinski definition) is 7. The van der Waals surface area contributed by atoms with Crippen molar-refractivity contribution in [3.63, 3.8) is 0 Å². The molecule has 35 heavy (non-hydrogen) atoms. The van der Waals surface area contributed by atoms with Crippen molar-refractivity contribution < 1.29 is 29.4 Å². The van der Waals surface area contributed by atoms with Crippen LogP contribution in [0.4, 0.5) is 0 Å². The summed E-state index contributed by atoms with van der Waals surface area (Å²) in [7, 11) is 4.64. The molecule has 0 saturated carbocycles. The van der Waals surface area contributed by atoms with Gasteiger partial charge in [0.25, 0.3) is 5.91 Å². The van der Waals surface area contributed by atoms with Crippen LogP contribution in [0.1, 0.15) is 17.2 Å². The molecule has 1 aliphatic heterocycles. The van der Waals surface area contributed by atoms with E-state index in [0.717, 1.165) is 11.8 Å². The lowest BCUT2D eigenvalue weighted by molar-refractivity contribution is -0.149. The fourth-order valence-corrected chi connectivity index (χ4v) is 3.50. The standard InChI is InChI=1S/C25H27N3O6.ClH/c1-27(2)23(29)21-10-7-15-28(22(24(30)31)19-8-5-4-6-9-19)25(21,32)17-26-34-16-18-11-13-20(33-3)14-12-18;/h4-15,17,22,32H,16H2,1-3H3,(H,30,31);1H. The summed E-state index contributed by atoms with van der Waals surface area (Å²) in [6, 6.07) is 14.3. The summed E-state index contributed by atoms with van der Waals surface area (Å²) >= 11 is 0. The zero-order valence-corrected chi connectivity index (χ0v) is 20.4. The number of amides is 1. The zero-order valence-electron chi connectivity index (χ0n) is 19.6. The van der Waals surface area contributed by atoms with Crippen LogP contribution in [0, 0.1) is 0 Å². The SMILES string of the molecule is COc1ccc(CON=CC2(O)C(C(=O)N(C)C)=CC=CN2C(C(=O)O)c2ccccc2)cc1.Cl. The highest BCUT2D eigenvalue weighted by atomic mass is 35.5. The Kier molecular flexibility index (Phi) is 9.44. The lowest BCUT2D eigenvalue weighted by atomic mass is 9.93. The molecular weight excluding hydrogens is 474 g/mol. The summed E-state index contributed by atoms with van der Waals surface area (Å²) in [6.45, 7) is 0.0914. The molecule has 0 saturated heterocycles. The number of allylic oxidation sites excluding steroid dienone is 2. The summed E-state index contributed by atoms with van der Waals surface area (Å²) in [6.07, 6.45) is 5.38. The van der Waals surface area contributed by atoms with Crippen LogP contribution in [0.15, 0.2) is 83.7 Å². The molecule has 0 fully saturated rings. The molecule has 2 unspecified atom stereocenters. The molecule has 0 aromatic heterocycles. The maximum absolute atomic E-state index is 12.9. The first-order chi connectivity index (χ1) is 16.3. The van der Waals surface area contributed by atoms with E-state index in [0.29, 0.717) is 11.3 Å². The Morgan fingerprint density at radius 1 is 1.14 bits per heavy atom. The number of hydrogen-bond donors (Lipinski definition) is 2. The largest absolute Gasteiger partial charge is 0.497 e. The monoisotopic (exact) mass is 501 g/mol. The predicted octanol–water partition coefficient (Wildman–Crippen LogP) is 2.98. The van der Waals surface area contributed by atoms with Crippen molar-refractivity contribution in [2.24, 2.45) is 5.16 Å². The molecule has 186 valence electrons. The number of ether oxygens (including phenoxy) is 1. The number of rotatable bonds is 9. The number of carbonyl (C=O) groups excluding carboxylic acids is 1. The van der Waals surface area contributed by atoms with Crippen molar-refractivity contribution in [3.8, 4) is 5.75 Å². The van der Waals surface area contributed by atoms with E-state index in [1.807, 2.05) is 0 Å². The topological polar surface area (TPSA) is 112 Å². The average molecular weight is 502 g/mol. The molecule has 2 N–H and O–H groups in total. The van der Waals surface area contributed by atoms with E-state index >= 15 is 0 Å². The predicted molar refractivity (Wildman–Crippen MR) is 133 cm³/mol. The third-order valence-corrected chi connectivity index (χ3v) is 5.26. The van der Waals surface area contributed by atoms with Gasteiger partial charge in [0.2, 0.25) is 5.72 Å². The Hall–Kier alpha value is -3.82. The van der Waals surface area contributed by atoms with Gasteiger partial charge in [-0.15, -0.1) is 12.4 Å². The summed E-state index contributed by atoms with van der Waals surface area (Å²) < 4.78 is 5.13. The molecule has 10 heteroatoms. The Labute approximate surface area is 210 Å². The molecule has 0 bridgehead atoms. The second kappa shape index (κ2) is 12.0. The van der Waals surface area contributed by atoms with Crippen molar-refractivity contribution in [1.29, 1.82) is 0 Å². The van der Waals surface area contributed by atoms with Crippen molar-refractivity contribution in [2.45, 2.75) is 18.4 Å². The summed E-state index contributed by atoms with van der Waals surface area (Å²) in [5.74, 6) is -1.01. The molecule has 0 spiro atoms. The van der Waals surface area contributed by atoms with E-state index in [4.69, 9.17) is 9.57 Å². The van der Waals surface area contributed by atoms with Gasteiger partial charge in [-0.05, 0) is 35.4 Å². The van der Waals surface area contributed by atoms with Crippen LogP contribution in [0.3, 0.4) is 0 Å². The molecule has 2 aromatic rings. The molecule has 0 radical (unpaired) electrons. The molecule has 1 aliphatic rings. The molecule has 1 amide bonds. The third-order valence-electron chi connectivity index (χ3n) is 5.26. The first kappa shape index (κ1) is 27.4. The number of likely N-dealkylation sites (N-methyl/N-ethyl adjacent to an activating group) is 1. The second-order valence-electron chi connectivity index (χ2n) is 7.76. The van der Waals surface area contributed by atoms with Crippen molar-refractivity contribution in [2.75, 3.05) is 21.2 Å². The number of carboxylic acid groups (broad SMARTS) is 1. The molecule has 3 rings (SSSR count). The summed E-state index contributed by atoms with van der Waals surface area (Å²) in [5.41, 5.74) is -1.03. The van der Waals surface area contributed by atoms with Gasteiger partial charge >= 0.3 is 5.97 Å². The maximum atomic E-state index is 12.9. The Bertz CT molecular complexity index is 1100. The highest BCUT2D eigenvalue weighted by Crippen LogP contribution is 2.35. The molecule has 0 aliphatic carbocycles. The number of halogens is 1. The van der Waals surface area contributed by atoms with Crippen LogP contribution in [-0.2, 0) is 21.0 Å². The number of aliphatic carboxylic acids is 1. The normalized spacial score (nSPS) is 17.8. The van der Waals surface area contributed by atoms with Gasteiger partial charge in [0.15, 0.2) is 6.04 Å². The number of aliphatic hydroxyl groups is 1. The number of oxime groups is 1. The van der Waals surface area contributed by atoms with Crippen LogP contribution in [0.2, 0.25) is 0 Å². The molecule has 2 atom stereocenters. The first-order valence-corrected chi connectivity index (χ1v) is 10.5. The van der Waals surface area contributed by atoms with E-state index in [1.54, 1.807) is 61.7 Å². The number of benzene rings is 2. The fourth-order valence-electron chi connectivity index (χ4n) is 3.50. The minimum absolute atomic E-state index is 0. The minimum Gasteiger partial charge on any atom is -0.497 e. The maximum Gasteiger partial charge on any atom is 0.331 e. The zero-order chi connectivity index (χ0) is 24.7. The molecule has 1 heterocycles. The van der Waals surface area contributed by atoms with Gasteiger partial charge in [0, 0.05) is 20.3 Å². The Morgan fingerprint density at radius 3 is 2.37 bits per heavy atom. The molecular formula is C25H28ClN3O6. The number of carbonyl (C=O) groups is 2. The second-order valence-corrected chi connectivity index (χ2v) is 7.76. The van der Waals surface area contributed by atoms with Gasteiger partial charge in [0.05, 0.1) is 12.7 Å². The Balaban J connectivity index is 0.00000432. The molecule has 2 aromatic carbocycles. The Morgan fingerprint density at radius 2 is 1.80 bits per heavy atom. The smallest absolute Gasteiger partial charge is 0.331 e. The number of methoxy groups -OCH3 is 1. The van der Waals surface area contributed by atoms with Crippen LogP contribution in [0.5, 0.6) is 5.75 Å². The summed E-state index contributed by atoms with van der Waals surface area (Å²) in [5, 5.41) is 25.6. The van der Waals surface area contributed by atoms with Crippen molar-refractivity contribution in [1.82, 2.24) is 9.80 Å². The first-order valence-electron chi connectivity index (χ1n) is 10.5.